The number of rotatable bonds is 6. The minimum absolute atomic E-state index is 0.00563. The molecule has 4 heterocycles. The number of likely N-dealkylation sites (tertiary alicyclic amines) is 1. The number of piperidine rings is 1. The van der Waals surface area contributed by atoms with Crippen molar-refractivity contribution in [3.05, 3.63) is 42.1 Å². The Morgan fingerprint density at radius 3 is 2.82 bits per heavy atom. The molecule has 4 aromatic rings. The van der Waals surface area contributed by atoms with Crippen molar-refractivity contribution in [1.82, 2.24) is 29.3 Å². The molecule has 0 radical (unpaired) electrons. The Morgan fingerprint density at radius 2 is 2.05 bits per heavy atom. The summed E-state index contributed by atoms with van der Waals surface area (Å²) in [5.41, 5.74) is 4.23. The summed E-state index contributed by atoms with van der Waals surface area (Å²) in [4.78, 5) is 25.5. The fraction of sp³-hybridized carbons (Fsp3) is 0.448. The summed E-state index contributed by atoms with van der Waals surface area (Å²) in [6.07, 6.45) is 6.41. The van der Waals surface area contributed by atoms with Crippen LogP contribution < -0.4 is 10.1 Å². The summed E-state index contributed by atoms with van der Waals surface area (Å²) in [7, 11) is 3.66. The van der Waals surface area contributed by atoms with E-state index in [1.807, 2.05) is 36.3 Å². The van der Waals surface area contributed by atoms with E-state index < -0.39 is 0 Å². The SMILES string of the molecule is COc1cc(C(=O)N2CC3CCC2[C@@H]3NC(C)=N)cc2nc(-c3cc4cccnc4n3CC3CC3)n(C)c12. The normalized spacial score (nSPS) is 22.5. The monoisotopic (exact) mass is 511 g/mol. The highest BCUT2D eigenvalue weighted by atomic mass is 16.5. The molecule has 9 nitrogen and oxygen atoms in total. The first-order chi connectivity index (χ1) is 18.4. The van der Waals surface area contributed by atoms with Crippen LogP contribution in [0.5, 0.6) is 5.75 Å². The van der Waals surface area contributed by atoms with Crippen LogP contribution in [0.2, 0.25) is 0 Å². The van der Waals surface area contributed by atoms with Gasteiger partial charge in [-0.3, -0.25) is 10.2 Å². The molecule has 0 spiro atoms. The van der Waals surface area contributed by atoms with E-state index in [1.54, 1.807) is 14.0 Å². The number of nitrogens with one attached hydrogen (secondary N) is 2. The predicted molar refractivity (Wildman–Crippen MR) is 147 cm³/mol. The highest BCUT2D eigenvalue weighted by molar-refractivity contribution is 6.00. The minimum atomic E-state index is 0.00563. The maximum absolute atomic E-state index is 13.8. The van der Waals surface area contributed by atoms with Crippen LogP contribution >= 0.6 is 0 Å². The average Bonchev–Trinajstić information content (AvgIpc) is 3.26. The number of aromatic nitrogens is 4. The van der Waals surface area contributed by atoms with Crippen molar-refractivity contribution >= 4 is 33.8 Å². The van der Waals surface area contributed by atoms with E-state index in [4.69, 9.17) is 15.1 Å². The number of fused-ring (bicyclic) bond motifs is 4. The van der Waals surface area contributed by atoms with Crippen molar-refractivity contribution in [2.24, 2.45) is 18.9 Å². The highest BCUT2D eigenvalue weighted by Gasteiger charge is 2.49. The highest BCUT2D eigenvalue weighted by Crippen LogP contribution is 2.40. The number of amides is 1. The van der Waals surface area contributed by atoms with E-state index in [0.29, 0.717) is 29.0 Å². The number of hydrogen-bond acceptors (Lipinski definition) is 5. The summed E-state index contributed by atoms with van der Waals surface area (Å²) >= 11 is 0. The van der Waals surface area contributed by atoms with E-state index in [-0.39, 0.29) is 18.0 Å². The zero-order valence-electron chi connectivity index (χ0n) is 22.1. The lowest BCUT2D eigenvalue weighted by Gasteiger charge is -2.28. The predicted octanol–water partition coefficient (Wildman–Crippen LogP) is 4.20. The fourth-order valence-corrected chi connectivity index (χ4v) is 6.70. The largest absolute Gasteiger partial charge is 0.494 e. The molecule has 2 bridgehead atoms. The van der Waals surface area contributed by atoms with Gasteiger partial charge in [0.05, 0.1) is 36.2 Å². The molecule has 3 fully saturated rings. The first-order valence-electron chi connectivity index (χ1n) is 13.5. The van der Waals surface area contributed by atoms with Crippen molar-refractivity contribution in [3.63, 3.8) is 0 Å². The van der Waals surface area contributed by atoms with Crippen LogP contribution in [0.1, 0.15) is 43.0 Å². The van der Waals surface area contributed by atoms with Crippen molar-refractivity contribution in [2.75, 3.05) is 13.7 Å². The van der Waals surface area contributed by atoms with Crippen LogP contribution in [0, 0.1) is 17.2 Å². The Kier molecular flexibility index (Phi) is 5.25. The number of benzene rings is 1. The van der Waals surface area contributed by atoms with Gasteiger partial charge in [-0.2, -0.15) is 0 Å². The van der Waals surface area contributed by atoms with Gasteiger partial charge in [0, 0.05) is 37.3 Å². The molecule has 1 aliphatic heterocycles. The van der Waals surface area contributed by atoms with Crippen molar-refractivity contribution in [2.45, 2.75) is 51.2 Å². The Balaban J connectivity index is 1.30. The molecule has 1 aromatic carbocycles. The van der Waals surface area contributed by atoms with Gasteiger partial charge in [0.1, 0.15) is 16.9 Å². The van der Waals surface area contributed by atoms with Gasteiger partial charge in [-0.1, -0.05) is 0 Å². The Hall–Kier alpha value is -3.88. The summed E-state index contributed by atoms with van der Waals surface area (Å²) in [5, 5.41) is 12.3. The van der Waals surface area contributed by atoms with Crippen LogP contribution in [-0.4, -0.2) is 61.5 Å². The van der Waals surface area contributed by atoms with Gasteiger partial charge in [-0.15, -0.1) is 0 Å². The molecule has 9 heteroatoms. The van der Waals surface area contributed by atoms with Crippen LogP contribution in [0.15, 0.2) is 36.5 Å². The third kappa shape index (κ3) is 3.59. The van der Waals surface area contributed by atoms with Crippen LogP contribution in [-0.2, 0) is 13.6 Å². The quantitative estimate of drug-likeness (QED) is 0.299. The van der Waals surface area contributed by atoms with Gasteiger partial charge >= 0.3 is 0 Å². The van der Waals surface area contributed by atoms with Gasteiger partial charge in [-0.25, -0.2) is 9.97 Å². The molecule has 2 N–H and O–H groups in total. The molecule has 7 rings (SSSR count). The van der Waals surface area contributed by atoms with Gasteiger partial charge in [0.15, 0.2) is 5.82 Å². The standard InChI is InChI=1S/C29H33N7O2/c1-16(30)32-25-19-8-9-22(25)36(15-19)29(37)20-11-21-26(24(13-20)38-3)34(2)28(33-21)23-12-18-5-4-10-31-27(18)35(23)14-17-6-7-17/h4-5,10-13,17,19,22,25H,6-9,14-15H2,1-3H3,(H2,30,32)/t19?,22?,25-/m1/s1. The topological polar surface area (TPSA) is 101 Å². The van der Waals surface area contributed by atoms with Crippen molar-refractivity contribution < 1.29 is 9.53 Å². The number of methoxy groups -OCH3 is 1. The second kappa shape index (κ2) is 8.58. The fourth-order valence-electron chi connectivity index (χ4n) is 6.70. The number of carbonyl (C=O) groups excluding carboxylic acids is 1. The Bertz CT molecular complexity index is 1600. The minimum Gasteiger partial charge on any atom is -0.494 e. The summed E-state index contributed by atoms with van der Waals surface area (Å²) < 4.78 is 10.2. The number of amidine groups is 1. The lowest BCUT2D eigenvalue weighted by molar-refractivity contribution is 0.0699. The summed E-state index contributed by atoms with van der Waals surface area (Å²) in [6.45, 7) is 3.42. The van der Waals surface area contributed by atoms with E-state index in [0.717, 1.165) is 59.5 Å². The number of pyridine rings is 1. The summed E-state index contributed by atoms with van der Waals surface area (Å²) in [5.74, 6) is 3.02. The Labute approximate surface area is 221 Å². The maximum Gasteiger partial charge on any atom is 0.254 e. The first kappa shape index (κ1) is 23.3. The lowest BCUT2D eigenvalue weighted by Crippen LogP contribution is -2.44. The molecule has 2 unspecified atom stereocenters. The van der Waals surface area contributed by atoms with E-state index in [9.17, 15) is 4.79 Å². The Morgan fingerprint density at radius 1 is 1.21 bits per heavy atom. The number of nitrogens with zero attached hydrogens (tertiary/aromatic N) is 5. The van der Waals surface area contributed by atoms with E-state index in [1.165, 1.54) is 12.8 Å². The maximum atomic E-state index is 13.8. The van der Waals surface area contributed by atoms with E-state index in [2.05, 4.69) is 31.6 Å². The molecule has 3 atom stereocenters. The number of aryl methyl sites for hydroxylation is 1. The first-order valence-corrected chi connectivity index (χ1v) is 13.5. The molecule has 1 saturated heterocycles. The second-order valence-corrected chi connectivity index (χ2v) is 11.2. The molecule has 1 amide bonds. The molecule has 196 valence electrons. The third-order valence-electron chi connectivity index (χ3n) is 8.65. The van der Waals surface area contributed by atoms with Gasteiger partial charge in [-0.05, 0) is 74.8 Å². The van der Waals surface area contributed by atoms with Gasteiger partial charge < -0.3 is 24.1 Å². The average molecular weight is 512 g/mol. The number of carbonyl (C=O) groups is 1. The van der Waals surface area contributed by atoms with E-state index >= 15 is 0 Å². The number of imidazole rings is 1. The zero-order valence-corrected chi connectivity index (χ0v) is 22.1. The molecule has 3 aromatic heterocycles. The molecule has 38 heavy (non-hydrogen) atoms. The smallest absolute Gasteiger partial charge is 0.254 e. The van der Waals surface area contributed by atoms with Crippen LogP contribution in [0.3, 0.4) is 0 Å². The molecule has 3 aliphatic rings. The molecule has 2 aliphatic carbocycles. The lowest BCUT2D eigenvalue weighted by atomic mass is 10.1. The van der Waals surface area contributed by atoms with Crippen LogP contribution in [0.4, 0.5) is 0 Å². The van der Waals surface area contributed by atoms with Gasteiger partial charge in [0.25, 0.3) is 5.91 Å². The molecule has 2 saturated carbocycles. The van der Waals surface area contributed by atoms with Gasteiger partial charge in [0.2, 0.25) is 0 Å². The zero-order chi connectivity index (χ0) is 26.1. The molecular weight excluding hydrogens is 478 g/mol. The molecular formula is C29H33N7O2. The summed E-state index contributed by atoms with van der Waals surface area (Å²) in [6, 6.07) is 10.3. The number of ether oxygens (including phenoxy) is 1. The van der Waals surface area contributed by atoms with Crippen molar-refractivity contribution in [1.29, 1.82) is 5.41 Å². The van der Waals surface area contributed by atoms with Crippen molar-refractivity contribution in [3.8, 4) is 17.3 Å². The van der Waals surface area contributed by atoms with Crippen LogP contribution in [0.25, 0.3) is 33.6 Å². The second-order valence-electron chi connectivity index (χ2n) is 11.2. The number of hydrogen-bond donors (Lipinski definition) is 2. The third-order valence-corrected chi connectivity index (χ3v) is 8.65.